The van der Waals surface area contributed by atoms with E-state index in [1.54, 1.807) is 0 Å². The van der Waals surface area contributed by atoms with Crippen LogP contribution in [0.4, 0.5) is 0 Å². The maximum atomic E-state index is 10.7. The predicted molar refractivity (Wildman–Crippen MR) is 152 cm³/mol. The highest BCUT2D eigenvalue weighted by atomic mass is 16.5. The van der Waals surface area contributed by atoms with Gasteiger partial charge in [0.05, 0.1) is 6.61 Å². The molecule has 0 N–H and O–H groups in total. The van der Waals surface area contributed by atoms with Crippen molar-refractivity contribution in [2.75, 3.05) is 6.61 Å². The van der Waals surface area contributed by atoms with Gasteiger partial charge in [0.15, 0.2) is 0 Å². The number of hydrogen-bond donors (Lipinski definition) is 0. The summed E-state index contributed by atoms with van der Waals surface area (Å²) in [6, 6.07) is 0. The average molecular weight is 481 g/mol. The van der Waals surface area contributed by atoms with Gasteiger partial charge in [-0.05, 0) is 24.7 Å². The van der Waals surface area contributed by atoms with Crippen LogP contribution < -0.4 is 0 Å². The van der Waals surface area contributed by atoms with E-state index >= 15 is 0 Å². The summed E-state index contributed by atoms with van der Waals surface area (Å²) in [4.78, 5) is 10.7. The van der Waals surface area contributed by atoms with E-state index < -0.39 is 0 Å². The van der Waals surface area contributed by atoms with E-state index in [0.29, 0.717) is 12.0 Å². The quantitative estimate of drug-likeness (QED) is 0.0862. The minimum atomic E-state index is -0.150. The number of unbranched alkanes of at least 4 members (excludes halogenated alkanes) is 21. The molecule has 2 heteroatoms. The van der Waals surface area contributed by atoms with E-state index in [9.17, 15) is 4.79 Å². The summed E-state index contributed by atoms with van der Waals surface area (Å²) < 4.78 is 4.97. The van der Waals surface area contributed by atoms with Crippen molar-refractivity contribution < 1.29 is 9.53 Å². The van der Waals surface area contributed by atoms with E-state index in [0.717, 1.165) is 6.42 Å². The van der Waals surface area contributed by atoms with Crippen molar-refractivity contribution in [2.24, 2.45) is 5.41 Å². The molecule has 0 aromatic heterocycles. The van der Waals surface area contributed by atoms with E-state index in [4.69, 9.17) is 4.74 Å². The standard InChI is InChI=1S/C32H64O2/c1-5-6-7-8-9-10-11-12-13-14-16-19-22-25-28-32(3,4)29-26-23-20-17-15-18-21-24-27-30-34-31(2)33/h5-30H2,1-4H3. The number of esters is 1. The van der Waals surface area contributed by atoms with Crippen molar-refractivity contribution in [2.45, 2.75) is 188 Å². The number of rotatable bonds is 27. The summed E-state index contributed by atoms with van der Waals surface area (Å²) >= 11 is 0. The fraction of sp³-hybridized carbons (Fsp3) is 0.969. The second-order valence-electron chi connectivity index (χ2n) is 11.8. The first-order valence-electron chi connectivity index (χ1n) is 15.6. The molecule has 0 spiro atoms. The van der Waals surface area contributed by atoms with E-state index in [2.05, 4.69) is 20.8 Å². The molecule has 0 aromatic rings. The summed E-state index contributed by atoms with van der Waals surface area (Å²) in [7, 11) is 0. The Kier molecular flexibility index (Phi) is 25.2. The molecule has 0 unspecified atom stereocenters. The first-order valence-corrected chi connectivity index (χ1v) is 15.6. The summed E-state index contributed by atoms with van der Waals surface area (Å²) in [6.45, 7) is 9.37. The molecule has 0 aromatic carbocycles. The number of hydrogen-bond acceptors (Lipinski definition) is 2. The Bertz CT molecular complexity index is 415. The van der Waals surface area contributed by atoms with E-state index in [1.165, 1.54) is 161 Å². The van der Waals surface area contributed by atoms with Gasteiger partial charge < -0.3 is 4.74 Å². The number of ether oxygens (including phenoxy) is 1. The fourth-order valence-electron chi connectivity index (χ4n) is 5.08. The Morgan fingerprint density at radius 2 is 0.794 bits per heavy atom. The molecule has 0 radical (unpaired) electrons. The van der Waals surface area contributed by atoms with Gasteiger partial charge in [0.2, 0.25) is 0 Å². The summed E-state index contributed by atoms with van der Waals surface area (Å²) in [5.74, 6) is -0.150. The molecule has 0 aliphatic carbocycles. The number of carbonyl (C=O) groups is 1. The fourth-order valence-corrected chi connectivity index (χ4v) is 5.08. The Morgan fingerprint density at radius 3 is 1.12 bits per heavy atom. The Morgan fingerprint density at radius 1 is 0.500 bits per heavy atom. The molecule has 0 saturated carbocycles. The van der Waals surface area contributed by atoms with Gasteiger partial charge in [0, 0.05) is 6.92 Å². The van der Waals surface area contributed by atoms with Gasteiger partial charge in [-0.15, -0.1) is 0 Å². The lowest BCUT2D eigenvalue weighted by atomic mass is 9.82. The molecule has 0 atom stereocenters. The molecule has 0 aliphatic rings. The smallest absolute Gasteiger partial charge is 0.302 e. The molecule has 0 bridgehead atoms. The summed E-state index contributed by atoms with van der Waals surface area (Å²) in [5, 5.41) is 0. The third-order valence-electron chi connectivity index (χ3n) is 7.51. The van der Waals surface area contributed by atoms with E-state index in [1.807, 2.05) is 0 Å². The molecule has 0 saturated heterocycles. The van der Waals surface area contributed by atoms with Crippen LogP contribution in [0.5, 0.6) is 0 Å². The minimum absolute atomic E-state index is 0.150. The minimum Gasteiger partial charge on any atom is -0.466 e. The van der Waals surface area contributed by atoms with Gasteiger partial charge in [-0.2, -0.15) is 0 Å². The first kappa shape index (κ1) is 33.5. The zero-order valence-corrected chi connectivity index (χ0v) is 24.2. The maximum Gasteiger partial charge on any atom is 0.302 e. The van der Waals surface area contributed by atoms with Crippen LogP contribution in [0.2, 0.25) is 0 Å². The van der Waals surface area contributed by atoms with Gasteiger partial charge in [0.25, 0.3) is 0 Å². The van der Waals surface area contributed by atoms with E-state index in [-0.39, 0.29) is 5.97 Å². The molecular weight excluding hydrogens is 416 g/mol. The summed E-state index contributed by atoms with van der Waals surface area (Å²) in [6.07, 6.45) is 35.0. The van der Waals surface area contributed by atoms with Crippen LogP contribution in [0.1, 0.15) is 188 Å². The Balaban J connectivity index is 3.30. The van der Waals surface area contributed by atoms with Crippen molar-refractivity contribution in [1.29, 1.82) is 0 Å². The van der Waals surface area contributed by atoms with Crippen LogP contribution in [-0.4, -0.2) is 12.6 Å². The van der Waals surface area contributed by atoms with Gasteiger partial charge in [-0.25, -0.2) is 0 Å². The Labute approximate surface area is 215 Å². The third kappa shape index (κ3) is 27.7. The van der Waals surface area contributed by atoms with Crippen molar-refractivity contribution in [3.8, 4) is 0 Å². The lowest BCUT2D eigenvalue weighted by molar-refractivity contribution is -0.141. The second kappa shape index (κ2) is 25.6. The van der Waals surface area contributed by atoms with Crippen LogP contribution in [-0.2, 0) is 9.53 Å². The highest BCUT2D eigenvalue weighted by molar-refractivity contribution is 5.65. The van der Waals surface area contributed by atoms with Crippen LogP contribution in [0.3, 0.4) is 0 Å². The van der Waals surface area contributed by atoms with Crippen molar-refractivity contribution in [1.82, 2.24) is 0 Å². The van der Waals surface area contributed by atoms with Crippen molar-refractivity contribution >= 4 is 5.97 Å². The van der Waals surface area contributed by atoms with Gasteiger partial charge in [-0.1, -0.05) is 162 Å². The Hall–Kier alpha value is -0.530. The lowest BCUT2D eigenvalue weighted by Crippen LogP contribution is -2.11. The normalized spacial score (nSPS) is 11.8. The van der Waals surface area contributed by atoms with Gasteiger partial charge >= 0.3 is 5.97 Å². The maximum absolute atomic E-state index is 10.7. The molecule has 0 fully saturated rings. The van der Waals surface area contributed by atoms with Gasteiger partial charge in [-0.3, -0.25) is 4.79 Å². The highest BCUT2D eigenvalue weighted by Gasteiger charge is 2.16. The molecule has 34 heavy (non-hydrogen) atoms. The molecule has 204 valence electrons. The largest absolute Gasteiger partial charge is 0.466 e. The van der Waals surface area contributed by atoms with Crippen molar-refractivity contribution in [3.05, 3.63) is 0 Å². The van der Waals surface area contributed by atoms with Crippen LogP contribution in [0.15, 0.2) is 0 Å². The molecule has 0 aliphatic heterocycles. The highest BCUT2D eigenvalue weighted by Crippen LogP contribution is 2.30. The monoisotopic (exact) mass is 480 g/mol. The SMILES string of the molecule is CCCCCCCCCCCCCCCCC(C)(C)CCCCCCCCCCCOC(C)=O. The number of carbonyl (C=O) groups excluding carboxylic acids is 1. The predicted octanol–water partition coefficient (Wildman–Crippen LogP) is 11.3. The molecule has 2 nitrogen and oxygen atoms in total. The zero-order chi connectivity index (χ0) is 25.2. The molecular formula is C32H64O2. The summed E-state index contributed by atoms with van der Waals surface area (Å²) in [5.41, 5.74) is 0.541. The second-order valence-corrected chi connectivity index (χ2v) is 11.8. The molecule has 0 amide bonds. The topological polar surface area (TPSA) is 26.3 Å². The molecule has 0 rings (SSSR count). The third-order valence-corrected chi connectivity index (χ3v) is 7.51. The lowest BCUT2D eigenvalue weighted by Gasteiger charge is -2.24. The van der Waals surface area contributed by atoms with Gasteiger partial charge in [0.1, 0.15) is 0 Å². The molecule has 0 heterocycles. The first-order chi connectivity index (χ1) is 16.5. The van der Waals surface area contributed by atoms with Crippen LogP contribution >= 0.6 is 0 Å². The van der Waals surface area contributed by atoms with Crippen LogP contribution in [0, 0.1) is 5.41 Å². The van der Waals surface area contributed by atoms with Crippen molar-refractivity contribution in [3.63, 3.8) is 0 Å². The van der Waals surface area contributed by atoms with Crippen LogP contribution in [0.25, 0.3) is 0 Å². The average Bonchev–Trinajstić information content (AvgIpc) is 2.79. The zero-order valence-electron chi connectivity index (χ0n) is 24.2.